The number of hydrogen-bond donors (Lipinski definition) is 3. The third-order valence-corrected chi connectivity index (χ3v) is 7.78. The summed E-state index contributed by atoms with van der Waals surface area (Å²) in [4.78, 5) is 25.6. The maximum absolute atomic E-state index is 11.8. The van der Waals surface area contributed by atoms with E-state index in [2.05, 4.69) is 36.3 Å². The molecule has 2 aromatic heterocycles. The van der Waals surface area contributed by atoms with Crippen molar-refractivity contribution in [2.45, 2.75) is 13.0 Å². The van der Waals surface area contributed by atoms with Gasteiger partial charge in [0, 0.05) is 49.3 Å². The second kappa shape index (κ2) is 10.7. The SMILES string of the molecule is CNC[C@@H](O)COc1ccc(Cl)c(-c2nc(-c3[nH]ncc3Br)c(C)c(N3CC4(CN(C(=O)OC)C4)C3)n2)c1. The number of likely N-dealkylation sites (N-methyl/N-ethyl adjacent to an activating group) is 1. The lowest BCUT2D eigenvalue weighted by molar-refractivity contribution is -0.0153. The van der Waals surface area contributed by atoms with Crippen molar-refractivity contribution in [1.29, 1.82) is 0 Å². The minimum atomic E-state index is -0.647. The Morgan fingerprint density at radius 2 is 2.08 bits per heavy atom. The minimum absolute atomic E-state index is 0.0417. The summed E-state index contributed by atoms with van der Waals surface area (Å²) in [6, 6.07) is 5.27. The lowest BCUT2D eigenvalue weighted by Crippen LogP contribution is -2.73. The zero-order chi connectivity index (χ0) is 27.0. The number of carbonyl (C=O) groups excluding carboxylic acids is 1. The quantitative estimate of drug-likeness (QED) is 0.354. The lowest BCUT2D eigenvalue weighted by atomic mass is 9.73. The molecule has 0 radical (unpaired) electrons. The van der Waals surface area contributed by atoms with E-state index in [0.717, 1.165) is 34.6 Å². The Morgan fingerprint density at radius 1 is 1.32 bits per heavy atom. The number of H-pyrrole nitrogens is 1. The van der Waals surface area contributed by atoms with Gasteiger partial charge in [-0.2, -0.15) is 5.10 Å². The number of hydrogen-bond acceptors (Lipinski definition) is 9. The van der Waals surface area contributed by atoms with Crippen LogP contribution in [0, 0.1) is 12.3 Å². The van der Waals surface area contributed by atoms with E-state index in [1.807, 2.05) is 6.92 Å². The molecule has 3 aromatic rings. The maximum atomic E-state index is 11.8. The molecule has 1 amide bonds. The topological polar surface area (TPSA) is 129 Å². The molecule has 0 saturated carbocycles. The van der Waals surface area contributed by atoms with Crippen LogP contribution >= 0.6 is 27.5 Å². The number of anilines is 1. The minimum Gasteiger partial charge on any atom is -0.491 e. The average molecular weight is 607 g/mol. The average Bonchev–Trinajstić information content (AvgIpc) is 3.28. The van der Waals surface area contributed by atoms with Gasteiger partial charge in [0.05, 0.1) is 34.2 Å². The number of nitrogens with zero attached hydrogens (tertiary/aromatic N) is 5. The van der Waals surface area contributed by atoms with E-state index in [0.29, 0.717) is 47.5 Å². The molecule has 11 nitrogen and oxygen atoms in total. The summed E-state index contributed by atoms with van der Waals surface area (Å²) >= 11 is 10.2. The van der Waals surface area contributed by atoms with Crippen LogP contribution in [0.5, 0.6) is 5.75 Å². The van der Waals surface area contributed by atoms with Crippen LogP contribution < -0.4 is 15.0 Å². The zero-order valence-corrected chi connectivity index (χ0v) is 23.6. The summed E-state index contributed by atoms with van der Waals surface area (Å²) in [7, 11) is 3.17. The molecule has 0 bridgehead atoms. The number of benzene rings is 1. The van der Waals surface area contributed by atoms with Crippen molar-refractivity contribution in [3.63, 3.8) is 0 Å². The first kappa shape index (κ1) is 26.7. The second-order valence-corrected chi connectivity index (χ2v) is 11.0. The summed E-state index contributed by atoms with van der Waals surface area (Å²) in [5.74, 6) is 1.79. The van der Waals surface area contributed by atoms with Crippen molar-refractivity contribution in [1.82, 2.24) is 30.4 Å². The molecule has 38 heavy (non-hydrogen) atoms. The molecule has 0 unspecified atom stereocenters. The molecule has 2 aliphatic heterocycles. The van der Waals surface area contributed by atoms with Crippen LogP contribution in [-0.2, 0) is 4.74 Å². The maximum Gasteiger partial charge on any atom is 0.409 e. The number of amides is 1. The van der Waals surface area contributed by atoms with Gasteiger partial charge in [-0.25, -0.2) is 14.8 Å². The number of aromatic nitrogens is 4. The van der Waals surface area contributed by atoms with Crippen molar-refractivity contribution in [3.8, 4) is 28.5 Å². The molecule has 2 saturated heterocycles. The number of nitrogens with one attached hydrogen (secondary N) is 2. The highest BCUT2D eigenvalue weighted by molar-refractivity contribution is 9.10. The Morgan fingerprint density at radius 3 is 2.74 bits per heavy atom. The predicted molar refractivity (Wildman–Crippen MR) is 147 cm³/mol. The van der Waals surface area contributed by atoms with E-state index in [-0.39, 0.29) is 18.1 Å². The summed E-state index contributed by atoms with van der Waals surface area (Å²) in [6.07, 6.45) is 0.741. The molecule has 2 fully saturated rings. The van der Waals surface area contributed by atoms with Gasteiger partial charge in [0.15, 0.2) is 5.82 Å². The van der Waals surface area contributed by atoms with E-state index in [9.17, 15) is 9.90 Å². The molecule has 0 aliphatic carbocycles. The number of aliphatic hydroxyl groups is 1. The Hall–Kier alpha value is -2.93. The van der Waals surface area contributed by atoms with E-state index in [1.54, 1.807) is 36.3 Å². The van der Waals surface area contributed by atoms with Gasteiger partial charge in [-0.05, 0) is 48.1 Å². The number of aliphatic hydroxyl groups excluding tert-OH is 1. The predicted octanol–water partition coefficient (Wildman–Crippen LogP) is 3.11. The van der Waals surface area contributed by atoms with Gasteiger partial charge in [-0.15, -0.1) is 0 Å². The monoisotopic (exact) mass is 605 g/mol. The number of halogens is 2. The molecule has 1 aromatic carbocycles. The Bertz CT molecular complexity index is 1340. The molecule has 1 atom stereocenters. The fourth-order valence-electron chi connectivity index (χ4n) is 5.00. The molecule has 202 valence electrons. The molecule has 5 rings (SSSR count). The normalized spacial score (nSPS) is 16.7. The number of likely N-dealkylation sites (tertiary alicyclic amines) is 1. The Kier molecular flexibility index (Phi) is 7.49. The van der Waals surface area contributed by atoms with Crippen LogP contribution in [0.3, 0.4) is 0 Å². The number of rotatable bonds is 8. The number of ether oxygens (including phenoxy) is 2. The smallest absolute Gasteiger partial charge is 0.409 e. The van der Waals surface area contributed by atoms with Gasteiger partial charge in [-0.3, -0.25) is 5.10 Å². The molecular weight excluding hydrogens is 578 g/mol. The Labute approximate surface area is 233 Å². The Balaban J connectivity index is 1.47. The number of aromatic amines is 1. The molecule has 1 spiro atoms. The van der Waals surface area contributed by atoms with Crippen molar-refractivity contribution in [3.05, 3.63) is 39.5 Å². The summed E-state index contributed by atoms with van der Waals surface area (Å²) in [5.41, 5.74) is 2.99. The van der Waals surface area contributed by atoms with Crippen molar-refractivity contribution in [2.24, 2.45) is 5.41 Å². The largest absolute Gasteiger partial charge is 0.491 e. The van der Waals surface area contributed by atoms with E-state index < -0.39 is 6.10 Å². The van der Waals surface area contributed by atoms with Crippen molar-refractivity contribution in [2.75, 3.05) is 58.4 Å². The molecule has 4 heterocycles. The lowest BCUT2D eigenvalue weighted by Gasteiger charge is -2.60. The van der Waals surface area contributed by atoms with Gasteiger partial charge in [-0.1, -0.05) is 11.6 Å². The molecule has 2 aliphatic rings. The number of carbonyl (C=O) groups is 1. The second-order valence-electron chi connectivity index (χ2n) is 9.78. The van der Waals surface area contributed by atoms with Gasteiger partial charge >= 0.3 is 6.09 Å². The first-order valence-electron chi connectivity index (χ1n) is 12.1. The highest BCUT2D eigenvalue weighted by Crippen LogP contribution is 2.44. The van der Waals surface area contributed by atoms with Crippen LogP contribution in [0.15, 0.2) is 28.9 Å². The van der Waals surface area contributed by atoms with Crippen LogP contribution in [0.2, 0.25) is 5.02 Å². The fraction of sp³-hybridized carbons (Fsp3) is 0.440. The van der Waals surface area contributed by atoms with E-state index in [4.69, 9.17) is 31.0 Å². The molecular formula is C25H29BrClN7O4. The zero-order valence-electron chi connectivity index (χ0n) is 21.3. The van der Waals surface area contributed by atoms with E-state index in [1.165, 1.54) is 7.11 Å². The van der Waals surface area contributed by atoms with Gasteiger partial charge < -0.3 is 29.7 Å². The standard InChI is InChI=1S/C25H29BrClN7O4/c1-14-20(21-18(26)8-29-32-21)30-22(17-6-16(4-5-19(17)27)38-9-15(35)7-28-2)31-23(14)33-10-25(11-33)12-34(13-25)24(36)37-3/h4-6,8,15,28,35H,7,9-13H2,1-3H3,(H,29,32)/t15-/m1/s1. The third-order valence-electron chi connectivity index (χ3n) is 6.85. The fourth-order valence-corrected chi connectivity index (χ4v) is 5.58. The third kappa shape index (κ3) is 5.05. The number of methoxy groups -OCH3 is 1. The highest BCUT2D eigenvalue weighted by Gasteiger charge is 2.54. The van der Waals surface area contributed by atoms with Crippen molar-refractivity contribution < 1.29 is 19.4 Å². The van der Waals surface area contributed by atoms with Crippen LogP contribution in [-0.4, -0.2) is 95.9 Å². The summed E-state index contributed by atoms with van der Waals surface area (Å²) in [5, 5.41) is 20.6. The van der Waals surface area contributed by atoms with Crippen LogP contribution in [0.4, 0.5) is 10.6 Å². The van der Waals surface area contributed by atoms with Gasteiger partial charge in [0.2, 0.25) is 0 Å². The summed E-state index contributed by atoms with van der Waals surface area (Å²) in [6.45, 7) is 5.39. The van der Waals surface area contributed by atoms with Gasteiger partial charge in [0.1, 0.15) is 24.3 Å². The van der Waals surface area contributed by atoms with Gasteiger partial charge in [0.25, 0.3) is 0 Å². The first-order chi connectivity index (χ1) is 18.2. The molecule has 13 heteroatoms. The molecule has 3 N–H and O–H groups in total. The summed E-state index contributed by atoms with van der Waals surface area (Å²) < 4.78 is 11.4. The first-order valence-corrected chi connectivity index (χ1v) is 13.3. The van der Waals surface area contributed by atoms with Crippen LogP contribution in [0.25, 0.3) is 22.8 Å². The van der Waals surface area contributed by atoms with E-state index >= 15 is 0 Å². The van der Waals surface area contributed by atoms with Crippen molar-refractivity contribution >= 4 is 39.4 Å². The highest BCUT2D eigenvalue weighted by atomic mass is 79.9. The van der Waals surface area contributed by atoms with Crippen LogP contribution in [0.1, 0.15) is 5.56 Å².